The first-order valence-electron chi connectivity index (χ1n) is 7.23. The third kappa shape index (κ3) is 4.54. The van der Waals surface area contributed by atoms with Crippen LogP contribution in [0, 0.1) is 0 Å². The summed E-state index contributed by atoms with van der Waals surface area (Å²) in [6, 6.07) is 6.05. The van der Waals surface area contributed by atoms with Crippen molar-refractivity contribution in [1.82, 2.24) is 20.1 Å². The molecule has 2 rings (SSSR count). The Labute approximate surface area is 133 Å². The molecule has 2 aromatic rings. The molecular formula is C15H21BrN4O. The Morgan fingerprint density at radius 2 is 2.19 bits per heavy atom. The van der Waals surface area contributed by atoms with Crippen molar-refractivity contribution in [2.75, 3.05) is 6.54 Å². The second-order valence-corrected chi connectivity index (χ2v) is 5.64. The van der Waals surface area contributed by atoms with E-state index in [0.29, 0.717) is 6.61 Å². The molecule has 0 radical (unpaired) electrons. The predicted molar refractivity (Wildman–Crippen MR) is 86.2 cm³/mol. The third-order valence-corrected chi connectivity index (χ3v) is 3.57. The summed E-state index contributed by atoms with van der Waals surface area (Å²) in [6.45, 7) is 7.22. The first kappa shape index (κ1) is 16.0. The molecule has 5 nitrogen and oxygen atoms in total. The van der Waals surface area contributed by atoms with Gasteiger partial charge >= 0.3 is 0 Å². The van der Waals surface area contributed by atoms with E-state index in [1.165, 1.54) is 0 Å². The highest BCUT2D eigenvalue weighted by atomic mass is 79.9. The van der Waals surface area contributed by atoms with Crippen LogP contribution in [0.3, 0.4) is 0 Å². The zero-order valence-corrected chi connectivity index (χ0v) is 14.1. The van der Waals surface area contributed by atoms with E-state index < -0.39 is 0 Å². The number of benzene rings is 1. The molecule has 1 aromatic carbocycles. The Morgan fingerprint density at radius 1 is 1.33 bits per heavy atom. The molecule has 1 aromatic heterocycles. The number of rotatable bonds is 8. The molecule has 1 heterocycles. The average molecular weight is 353 g/mol. The van der Waals surface area contributed by atoms with Gasteiger partial charge in [-0.25, -0.2) is 9.67 Å². The fourth-order valence-corrected chi connectivity index (χ4v) is 2.44. The second kappa shape index (κ2) is 8.14. The van der Waals surface area contributed by atoms with Crippen LogP contribution < -0.4 is 10.1 Å². The van der Waals surface area contributed by atoms with Crippen molar-refractivity contribution in [1.29, 1.82) is 0 Å². The Kier molecular flexibility index (Phi) is 6.20. The van der Waals surface area contributed by atoms with Gasteiger partial charge in [0.1, 0.15) is 18.7 Å². The first-order chi connectivity index (χ1) is 10.2. The van der Waals surface area contributed by atoms with Crippen molar-refractivity contribution < 1.29 is 4.74 Å². The van der Waals surface area contributed by atoms with Crippen LogP contribution in [0.2, 0.25) is 0 Å². The van der Waals surface area contributed by atoms with Crippen molar-refractivity contribution in [3.63, 3.8) is 0 Å². The van der Waals surface area contributed by atoms with E-state index in [1.54, 1.807) is 6.33 Å². The van der Waals surface area contributed by atoms with Crippen molar-refractivity contribution >= 4 is 15.9 Å². The van der Waals surface area contributed by atoms with Crippen LogP contribution in [0.4, 0.5) is 0 Å². The van der Waals surface area contributed by atoms with Gasteiger partial charge in [-0.05, 0) is 31.2 Å². The first-order valence-corrected chi connectivity index (χ1v) is 8.02. The largest absolute Gasteiger partial charge is 0.485 e. The molecule has 0 fully saturated rings. The van der Waals surface area contributed by atoms with Gasteiger partial charge in [0.25, 0.3) is 0 Å². The minimum atomic E-state index is 0.431. The molecule has 0 saturated carbocycles. The standard InChI is InChI=1S/C15H21BrN4O/c1-3-7-20-15(18-11-19-20)10-21-14-6-5-13(16)8-12(14)9-17-4-2/h5-6,8,11,17H,3-4,7,9-10H2,1-2H3. The smallest absolute Gasteiger partial charge is 0.164 e. The van der Waals surface area contributed by atoms with Crippen LogP contribution in [-0.4, -0.2) is 21.3 Å². The fourth-order valence-electron chi connectivity index (χ4n) is 2.03. The highest BCUT2D eigenvalue weighted by Crippen LogP contribution is 2.24. The van der Waals surface area contributed by atoms with Gasteiger partial charge in [-0.1, -0.05) is 29.8 Å². The van der Waals surface area contributed by atoms with Gasteiger partial charge in [0.15, 0.2) is 5.82 Å². The normalized spacial score (nSPS) is 10.8. The van der Waals surface area contributed by atoms with Gasteiger partial charge < -0.3 is 10.1 Å². The van der Waals surface area contributed by atoms with E-state index in [4.69, 9.17) is 4.74 Å². The molecule has 6 heteroatoms. The lowest BCUT2D eigenvalue weighted by atomic mass is 10.2. The highest BCUT2D eigenvalue weighted by molar-refractivity contribution is 9.10. The Balaban J connectivity index is 2.06. The molecule has 0 saturated heterocycles. The maximum atomic E-state index is 5.94. The number of ether oxygens (including phenoxy) is 1. The summed E-state index contributed by atoms with van der Waals surface area (Å²) in [5, 5.41) is 7.53. The summed E-state index contributed by atoms with van der Waals surface area (Å²) in [5.41, 5.74) is 1.13. The molecule has 0 amide bonds. The Hall–Kier alpha value is -1.40. The predicted octanol–water partition coefficient (Wildman–Crippen LogP) is 3.14. The number of nitrogens with zero attached hydrogens (tertiary/aromatic N) is 3. The lowest BCUT2D eigenvalue weighted by molar-refractivity contribution is 0.282. The summed E-state index contributed by atoms with van der Waals surface area (Å²) in [5.74, 6) is 1.74. The third-order valence-electron chi connectivity index (χ3n) is 3.08. The Morgan fingerprint density at radius 3 is 2.95 bits per heavy atom. The zero-order chi connectivity index (χ0) is 15.1. The molecule has 0 atom stereocenters. The van der Waals surface area contributed by atoms with E-state index in [9.17, 15) is 0 Å². The molecule has 1 N–H and O–H groups in total. The van der Waals surface area contributed by atoms with Gasteiger partial charge in [0.05, 0.1) is 0 Å². The van der Waals surface area contributed by atoms with Crippen LogP contribution in [0.1, 0.15) is 31.7 Å². The number of halogens is 1. The Bertz CT molecular complexity index is 571. The topological polar surface area (TPSA) is 52.0 Å². The molecule has 0 aliphatic heterocycles. The molecule has 21 heavy (non-hydrogen) atoms. The summed E-state index contributed by atoms with van der Waals surface area (Å²) >= 11 is 3.50. The maximum absolute atomic E-state index is 5.94. The van der Waals surface area contributed by atoms with E-state index >= 15 is 0 Å². The molecule has 0 spiro atoms. The molecule has 0 bridgehead atoms. The number of nitrogens with one attached hydrogen (secondary N) is 1. The van der Waals surface area contributed by atoms with Crippen molar-refractivity contribution in [2.45, 2.75) is 40.0 Å². The minimum Gasteiger partial charge on any atom is -0.485 e. The van der Waals surface area contributed by atoms with Crippen LogP contribution >= 0.6 is 15.9 Å². The number of aromatic nitrogens is 3. The number of aryl methyl sites for hydroxylation is 1. The number of hydrogen-bond donors (Lipinski definition) is 1. The molecule has 0 aliphatic carbocycles. The van der Waals surface area contributed by atoms with Crippen molar-refractivity contribution in [3.05, 3.63) is 40.4 Å². The highest BCUT2D eigenvalue weighted by Gasteiger charge is 2.08. The van der Waals surface area contributed by atoms with Crippen LogP contribution in [0.5, 0.6) is 5.75 Å². The molecule has 114 valence electrons. The van der Waals surface area contributed by atoms with E-state index in [1.807, 2.05) is 16.8 Å². The van der Waals surface area contributed by atoms with Gasteiger partial charge in [-0.3, -0.25) is 0 Å². The number of hydrogen-bond acceptors (Lipinski definition) is 4. The summed E-state index contributed by atoms with van der Waals surface area (Å²) in [7, 11) is 0. The van der Waals surface area contributed by atoms with Crippen molar-refractivity contribution in [3.8, 4) is 5.75 Å². The van der Waals surface area contributed by atoms with Gasteiger partial charge in [0.2, 0.25) is 0 Å². The average Bonchev–Trinajstić information content (AvgIpc) is 2.92. The van der Waals surface area contributed by atoms with Crippen LogP contribution in [-0.2, 0) is 19.7 Å². The lowest BCUT2D eigenvalue weighted by Crippen LogP contribution is -2.14. The summed E-state index contributed by atoms with van der Waals surface area (Å²) in [6.07, 6.45) is 2.61. The maximum Gasteiger partial charge on any atom is 0.164 e. The molecule has 0 aliphatic rings. The lowest BCUT2D eigenvalue weighted by Gasteiger charge is -2.12. The minimum absolute atomic E-state index is 0.431. The monoisotopic (exact) mass is 352 g/mol. The van der Waals surface area contributed by atoms with Crippen LogP contribution in [0.15, 0.2) is 29.0 Å². The van der Waals surface area contributed by atoms with Gasteiger partial charge in [-0.2, -0.15) is 5.10 Å². The quantitative estimate of drug-likeness (QED) is 0.792. The van der Waals surface area contributed by atoms with Gasteiger partial charge in [-0.15, -0.1) is 0 Å². The molecular weight excluding hydrogens is 332 g/mol. The van der Waals surface area contributed by atoms with E-state index in [-0.39, 0.29) is 0 Å². The van der Waals surface area contributed by atoms with E-state index in [2.05, 4.69) is 51.2 Å². The molecule has 0 unspecified atom stereocenters. The van der Waals surface area contributed by atoms with Crippen LogP contribution in [0.25, 0.3) is 0 Å². The SMILES string of the molecule is CCCn1ncnc1COc1ccc(Br)cc1CNCC. The van der Waals surface area contributed by atoms with Crippen molar-refractivity contribution in [2.24, 2.45) is 0 Å². The van der Waals surface area contributed by atoms with Gasteiger partial charge in [0, 0.05) is 23.1 Å². The second-order valence-electron chi connectivity index (χ2n) is 4.72. The summed E-state index contributed by atoms with van der Waals surface area (Å²) in [4.78, 5) is 4.26. The van der Waals surface area contributed by atoms with E-state index in [0.717, 1.165) is 47.7 Å². The fraction of sp³-hybridized carbons (Fsp3) is 0.467. The zero-order valence-electron chi connectivity index (χ0n) is 12.5. The summed E-state index contributed by atoms with van der Waals surface area (Å²) < 4.78 is 8.88.